The first-order valence-corrected chi connectivity index (χ1v) is 31.0. The number of hydrogen-bond donors (Lipinski definition) is 0. The maximum absolute atomic E-state index is 2.43. The third-order valence-corrected chi connectivity index (χ3v) is 19.0. The van der Waals surface area contributed by atoms with Gasteiger partial charge in [0.15, 0.2) is 0 Å². The van der Waals surface area contributed by atoms with E-state index in [0.717, 1.165) is 28.3 Å². The topological polar surface area (TPSA) is 8.17 Å². The van der Waals surface area contributed by atoms with E-state index in [9.17, 15) is 0 Å². The van der Waals surface area contributed by atoms with Crippen molar-refractivity contribution in [3.63, 3.8) is 0 Å². The summed E-state index contributed by atoms with van der Waals surface area (Å²) in [7, 11) is 0. The van der Waals surface area contributed by atoms with Crippen LogP contribution >= 0.6 is 0 Å². The second-order valence-electron chi connectivity index (χ2n) is 24.4. The van der Waals surface area contributed by atoms with Gasteiger partial charge in [0.05, 0.1) is 11.0 Å². The highest BCUT2D eigenvalue weighted by molar-refractivity contribution is 6.13. The maximum atomic E-state index is 2.43. The molecule has 418 valence electrons. The number of aromatic nitrogens is 1. The lowest BCUT2D eigenvalue weighted by atomic mass is 9.82. The number of para-hydroxylation sites is 1. The third-order valence-electron chi connectivity index (χ3n) is 19.0. The average molecular weight is 1130 g/mol. The number of benzene rings is 15. The van der Waals surface area contributed by atoms with E-state index in [1.54, 1.807) is 0 Å². The van der Waals surface area contributed by atoms with Gasteiger partial charge < -0.3 is 9.47 Å². The first-order valence-electron chi connectivity index (χ1n) is 31.0. The minimum absolute atomic E-state index is 0.133. The number of rotatable bonds is 10. The first-order chi connectivity index (χ1) is 43.9. The Hall–Kier alpha value is -11.3. The molecule has 0 amide bonds. The Balaban J connectivity index is 0.787. The zero-order chi connectivity index (χ0) is 59.2. The summed E-state index contributed by atoms with van der Waals surface area (Å²) in [6, 6.07) is 121. The Bertz CT molecular complexity index is 5420. The van der Waals surface area contributed by atoms with Crippen LogP contribution in [-0.4, -0.2) is 4.57 Å². The van der Waals surface area contributed by atoms with E-state index in [0.29, 0.717) is 0 Å². The van der Waals surface area contributed by atoms with Crippen molar-refractivity contribution in [2.24, 2.45) is 0 Å². The molecule has 15 aromatic carbocycles. The van der Waals surface area contributed by atoms with Crippen molar-refractivity contribution in [2.45, 2.75) is 19.3 Å². The molecule has 89 heavy (non-hydrogen) atoms. The molecule has 1 aromatic heterocycles. The lowest BCUT2D eigenvalue weighted by Crippen LogP contribution is -2.16. The van der Waals surface area contributed by atoms with Gasteiger partial charge in [0.25, 0.3) is 0 Å². The van der Waals surface area contributed by atoms with E-state index in [-0.39, 0.29) is 5.41 Å². The van der Waals surface area contributed by atoms with Crippen LogP contribution in [0.15, 0.2) is 328 Å². The quantitative estimate of drug-likeness (QED) is 0.132. The molecule has 0 saturated carbocycles. The van der Waals surface area contributed by atoms with Crippen LogP contribution in [0.3, 0.4) is 0 Å². The lowest BCUT2D eigenvalue weighted by Gasteiger charge is -2.28. The molecule has 2 heteroatoms. The summed E-state index contributed by atoms with van der Waals surface area (Å²) in [5, 5.41) is 9.81. The zero-order valence-corrected chi connectivity index (χ0v) is 49.6. The number of hydrogen-bond acceptors (Lipinski definition) is 1. The maximum Gasteiger partial charge on any atom is 0.0541 e. The second-order valence-corrected chi connectivity index (χ2v) is 24.4. The molecule has 0 aliphatic heterocycles. The predicted molar refractivity (Wildman–Crippen MR) is 378 cm³/mol. The Kier molecular flexibility index (Phi) is 12.3. The van der Waals surface area contributed by atoms with Crippen molar-refractivity contribution in [3.05, 3.63) is 339 Å². The van der Waals surface area contributed by atoms with E-state index in [1.807, 2.05) is 0 Å². The highest BCUT2D eigenvalue weighted by atomic mass is 15.1. The third kappa shape index (κ3) is 8.78. The van der Waals surface area contributed by atoms with Gasteiger partial charge >= 0.3 is 0 Å². The van der Waals surface area contributed by atoms with E-state index < -0.39 is 0 Å². The van der Waals surface area contributed by atoms with E-state index in [4.69, 9.17) is 0 Å². The van der Waals surface area contributed by atoms with Gasteiger partial charge in [-0.05, 0) is 206 Å². The van der Waals surface area contributed by atoms with Gasteiger partial charge in [-0.25, -0.2) is 0 Å². The average Bonchev–Trinajstić information content (AvgIpc) is 1.72. The van der Waals surface area contributed by atoms with Gasteiger partial charge in [-0.1, -0.05) is 257 Å². The molecule has 16 aromatic rings. The van der Waals surface area contributed by atoms with E-state index in [2.05, 4.69) is 351 Å². The number of anilines is 3. The van der Waals surface area contributed by atoms with Crippen LogP contribution in [0.4, 0.5) is 17.1 Å². The fourth-order valence-electron chi connectivity index (χ4n) is 14.6. The normalized spacial score (nSPS) is 12.5. The van der Waals surface area contributed by atoms with Crippen LogP contribution in [0, 0.1) is 0 Å². The smallest absolute Gasteiger partial charge is 0.0541 e. The van der Waals surface area contributed by atoms with Gasteiger partial charge in [-0.2, -0.15) is 0 Å². The van der Waals surface area contributed by atoms with E-state index >= 15 is 0 Å². The van der Waals surface area contributed by atoms with Crippen molar-refractivity contribution in [3.8, 4) is 83.6 Å². The Morgan fingerprint density at radius 3 is 1.39 bits per heavy atom. The second kappa shape index (κ2) is 21.0. The highest BCUT2D eigenvalue weighted by Gasteiger charge is 2.36. The first kappa shape index (κ1) is 52.0. The van der Waals surface area contributed by atoms with Crippen molar-refractivity contribution in [1.82, 2.24) is 4.57 Å². The molecular formula is C87H60N2. The SMILES string of the molecule is CC1(C)c2ccccc2-c2ccc(N(c3ccc(-c4ccccc4)cc3)c3ccc(-c4ccc5c(c4)c4cc(-c6cccc(-c7c(-c8cccc9ccccc89)ccc8ccc(-c9cccc%10ccccc9%10)cc78)c6)ccc4n5-c4ccccc4)cc3)cc21. The monoisotopic (exact) mass is 1130 g/mol. The minimum Gasteiger partial charge on any atom is -0.310 e. The minimum atomic E-state index is -0.133. The summed E-state index contributed by atoms with van der Waals surface area (Å²) in [6.07, 6.45) is 0. The summed E-state index contributed by atoms with van der Waals surface area (Å²) in [5.41, 5.74) is 26.4. The summed E-state index contributed by atoms with van der Waals surface area (Å²) in [6.45, 7) is 4.72. The van der Waals surface area contributed by atoms with Crippen LogP contribution in [0.25, 0.3) is 138 Å². The molecule has 0 radical (unpaired) electrons. The van der Waals surface area contributed by atoms with Crippen molar-refractivity contribution in [1.29, 1.82) is 0 Å². The van der Waals surface area contributed by atoms with Gasteiger partial charge in [0.1, 0.15) is 0 Å². The summed E-state index contributed by atoms with van der Waals surface area (Å²) < 4.78 is 2.43. The molecule has 0 atom stereocenters. The van der Waals surface area contributed by atoms with Crippen LogP contribution in [-0.2, 0) is 5.41 Å². The Labute approximate surface area is 519 Å². The summed E-state index contributed by atoms with van der Waals surface area (Å²) >= 11 is 0. The number of fused-ring (bicyclic) bond motifs is 9. The van der Waals surface area contributed by atoms with Crippen LogP contribution in [0.5, 0.6) is 0 Å². The molecule has 0 spiro atoms. The van der Waals surface area contributed by atoms with Crippen molar-refractivity contribution < 1.29 is 0 Å². The zero-order valence-electron chi connectivity index (χ0n) is 49.6. The van der Waals surface area contributed by atoms with Crippen LogP contribution in [0.2, 0.25) is 0 Å². The van der Waals surface area contributed by atoms with Gasteiger partial charge in [-0.3, -0.25) is 0 Å². The lowest BCUT2D eigenvalue weighted by molar-refractivity contribution is 0.660. The molecule has 0 saturated heterocycles. The Morgan fingerprint density at radius 1 is 0.247 bits per heavy atom. The summed E-state index contributed by atoms with van der Waals surface area (Å²) in [5.74, 6) is 0. The Morgan fingerprint density at radius 2 is 0.685 bits per heavy atom. The molecule has 1 aliphatic carbocycles. The van der Waals surface area contributed by atoms with Crippen molar-refractivity contribution in [2.75, 3.05) is 4.90 Å². The standard InChI is InChI=1S/C87H60N2/c1-87(2)82-33-14-13-30-76(82)77-49-47-71(56-83(77)87)88(69-43-36-58(37-44-69)57-18-5-3-6-19-57)70-45-38-59(39-46-70)64-41-50-84-80(53-64)81-54-65(42-51-85(81)89(84)68-26-7-4-8-27-68)63-24-15-25-67(52-63)86-78(75-32-17-23-61-21-10-12-29-73(61)75)48-40-62-34-35-66(55-79(62)86)74-31-16-22-60-20-9-11-28-72(60)74/h3-56H,1-2H3. The molecule has 2 nitrogen and oxygen atoms in total. The van der Waals surface area contributed by atoms with Gasteiger partial charge in [0.2, 0.25) is 0 Å². The van der Waals surface area contributed by atoms with Gasteiger partial charge in [0, 0.05) is 38.9 Å². The molecule has 1 aliphatic rings. The predicted octanol–water partition coefficient (Wildman–Crippen LogP) is 24.0. The molecule has 0 unspecified atom stereocenters. The van der Waals surface area contributed by atoms with Gasteiger partial charge in [-0.15, -0.1) is 0 Å². The molecule has 17 rings (SSSR count). The molecular weight excluding hydrogens is 1070 g/mol. The highest BCUT2D eigenvalue weighted by Crippen LogP contribution is 2.51. The number of nitrogens with zero attached hydrogens (tertiary/aromatic N) is 2. The molecule has 1 heterocycles. The largest absolute Gasteiger partial charge is 0.310 e. The summed E-state index contributed by atoms with van der Waals surface area (Å²) in [4.78, 5) is 2.42. The van der Waals surface area contributed by atoms with E-state index in [1.165, 1.54) is 138 Å². The van der Waals surface area contributed by atoms with Crippen molar-refractivity contribution >= 4 is 71.2 Å². The molecule has 0 fully saturated rings. The molecule has 0 bridgehead atoms. The van der Waals surface area contributed by atoms with Crippen LogP contribution < -0.4 is 4.90 Å². The molecule has 0 N–H and O–H groups in total. The fourth-order valence-corrected chi connectivity index (χ4v) is 14.6. The van der Waals surface area contributed by atoms with Crippen LogP contribution in [0.1, 0.15) is 25.0 Å². The fraction of sp³-hybridized carbons (Fsp3) is 0.0345.